The Balaban J connectivity index is 1.82. The number of aliphatic carboxylic acids is 1. The molecule has 43 heavy (non-hydrogen) atoms. The minimum Gasteiger partial charge on any atom is -0.744 e. The smallest absolute Gasteiger partial charge is 0.407 e. The Morgan fingerprint density at radius 3 is 2.26 bits per heavy atom. The van der Waals surface area contributed by atoms with Gasteiger partial charge >= 0.3 is 12.1 Å². The van der Waals surface area contributed by atoms with Crippen molar-refractivity contribution in [2.75, 3.05) is 19.6 Å². The Morgan fingerprint density at radius 2 is 1.63 bits per heavy atom. The number of benzene rings is 1. The number of hydrogen-bond acceptors (Lipinski definition) is 7. The molecule has 0 bridgehead atoms. The van der Waals surface area contributed by atoms with Crippen LogP contribution in [0.1, 0.15) is 105 Å². The van der Waals surface area contributed by atoms with Gasteiger partial charge < -0.3 is 25.0 Å². The number of fused-ring (bicyclic) bond motifs is 1. The van der Waals surface area contributed by atoms with Crippen molar-refractivity contribution in [2.24, 2.45) is 5.92 Å². The van der Waals surface area contributed by atoms with Crippen LogP contribution in [0.3, 0.4) is 0 Å². The molecule has 0 fully saturated rings. The Labute approximate surface area is 256 Å². The zero-order valence-electron chi connectivity index (χ0n) is 26.5. The first kappa shape index (κ1) is 36.2. The Hall–Kier alpha value is -2.99. The van der Waals surface area contributed by atoms with Gasteiger partial charge in [-0.2, -0.15) is 4.58 Å². The highest BCUT2D eigenvalue weighted by molar-refractivity contribution is 7.85. The van der Waals surface area contributed by atoms with Crippen molar-refractivity contribution in [3.63, 3.8) is 0 Å². The van der Waals surface area contributed by atoms with E-state index in [4.69, 9.17) is 9.84 Å². The predicted molar refractivity (Wildman–Crippen MR) is 163 cm³/mol. The monoisotopic (exact) mass is 623 g/mol. The van der Waals surface area contributed by atoms with Gasteiger partial charge in [0.05, 0.1) is 10.3 Å². The lowest BCUT2D eigenvalue weighted by atomic mass is 9.82. The molecule has 1 aliphatic rings. The normalized spacial score (nSPS) is 15.1. The molecule has 1 aromatic rings. The van der Waals surface area contributed by atoms with E-state index >= 15 is 0 Å². The van der Waals surface area contributed by atoms with E-state index in [0.29, 0.717) is 38.9 Å². The number of carboxylic acids is 1. The summed E-state index contributed by atoms with van der Waals surface area (Å²) >= 11 is 0. The van der Waals surface area contributed by atoms with Crippen molar-refractivity contribution >= 4 is 39.5 Å². The Kier molecular flexibility index (Phi) is 13.2. The number of carbonyl (C=O) groups is 3. The van der Waals surface area contributed by atoms with E-state index < -0.39 is 33.2 Å². The number of alkyl carbamates (subject to hydrolysis) is 1. The number of unbranched alkanes of at least 4 members (excludes halogenated alkanes) is 4. The van der Waals surface area contributed by atoms with E-state index in [1.54, 1.807) is 26.8 Å². The van der Waals surface area contributed by atoms with Gasteiger partial charge in [0, 0.05) is 50.9 Å². The summed E-state index contributed by atoms with van der Waals surface area (Å²) < 4.78 is 42.1. The van der Waals surface area contributed by atoms with Crippen molar-refractivity contribution in [3.8, 4) is 0 Å². The zero-order chi connectivity index (χ0) is 32.4. The molecule has 0 saturated heterocycles. The maximum Gasteiger partial charge on any atom is 0.407 e. The molecular weight excluding hydrogens is 574 g/mol. The molecule has 0 spiro atoms. The molecule has 1 aromatic carbocycles. The van der Waals surface area contributed by atoms with Crippen molar-refractivity contribution in [2.45, 2.75) is 115 Å². The van der Waals surface area contributed by atoms with Gasteiger partial charge in [-0.1, -0.05) is 12.8 Å². The van der Waals surface area contributed by atoms with Gasteiger partial charge in [0.2, 0.25) is 11.6 Å². The minimum absolute atomic E-state index is 0.00415. The average Bonchev–Trinajstić information content (AvgIpc) is 3.07. The van der Waals surface area contributed by atoms with Crippen LogP contribution in [0.2, 0.25) is 0 Å². The highest BCUT2D eigenvalue weighted by atomic mass is 32.2. The van der Waals surface area contributed by atoms with Gasteiger partial charge in [0.15, 0.2) is 5.71 Å². The molecule has 2 rings (SSSR count). The first-order valence-corrected chi connectivity index (χ1v) is 16.5. The summed E-state index contributed by atoms with van der Waals surface area (Å²) in [4.78, 5) is 35.2. The average molecular weight is 624 g/mol. The zero-order valence-corrected chi connectivity index (χ0v) is 27.3. The highest BCUT2D eigenvalue weighted by Gasteiger charge is 2.43. The molecule has 11 nitrogen and oxygen atoms in total. The van der Waals surface area contributed by atoms with Gasteiger partial charge in [0.1, 0.15) is 22.3 Å². The number of carbonyl (C=O) groups excluding carboxylic acids is 2. The lowest BCUT2D eigenvalue weighted by molar-refractivity contribution is -0.439. The van der Waals surface area contributed by atoms with Crippen LogP contribution in [0.25, 0.3) is 0 Å². The lowest BCUT2D eigenvalue weighted by Gasteiger charge is -2.22. The molecule has 1 unspecified atom stereocenters. The van der Waals surface area contributed by atoms with Crippen LogP contribution in [-0.4, -0.2) is 71.6 Å². The van der Waals surface area contributed by atoms with Crippen LogP contribution in [0.5, 0.6) is 0 Å². The fourth-order valence-corrected chi connectivity index (χ4v) is 5.69. The molecule has 1 aliphatic heterocycles. The van der Waals surface area contributed by atoms with Crippen molar-refractivity contribution in [3.05, 3.63) is 23.8 Å². The largest absolute Gasteiger partial charge is 0.744 e. The van der Waals surface area contributed by atoms with Crippen molar-refractivity contribution < 1.29 is 41.8 Å². The fourth-order valence-electron chi connectivity index (χ4n) is 5.19. The molecule has 1 heterocycles. The third-order valence-electron chi connectivity index (χ3n) is 7.84. The summed E-state index contributed by atoms with van der Waals surface area (Å²) in [6.07, 6.45) is 5.25. The molecule has 0 aliphatic carbocycles. The summed E-state index contributed by atoms with van der Waals surface area (Å²) in [6, 6.07) is 4.55. The number of nitrogens with one attached hydrogen (secondary N) is 2. The van der Waals surface area contributed by atoms with Crippen LogP contribution < -0.4 is 10.6 Å². The predicted octanol–water partition coefficient (Wildman–Crippen LogP) is 4.84. The summed E-state index contributed by atoms with van der Waals surface area (Å²) in [5.41, 5.74) is 1.79. The topological polar surface area (TPSA) is 165 Å². The number of ether oxygens (including phenoxy) is 1. The number of carboxylic acid groups (broad SMARTS) is 1. The molecule has 12 heteroatoms. The minimum atomic E-state index is -4.54. The molecule has 1 atom stereocenters. The fraction of sp³-hybridized carbons (Fsp3) is 0.677. The van der Waals surface area contributed by atoms with Crippen LogP contribution in [0, 0.1) is 5.92 Å². The number of hydrogen-bond donors (Lipinski definition) is 3. The van der Waals surface area contributed by atoms with Gasteiger partial charge in [-0.3, -0.25) is 9.59 Å². The second kappa shape index (κ2) is 15.7. The van der Waals surface area contributed by atoms with Crippen LogP contribution in [0.4, 0.5) is 10.5 Å². The second-order valence-corrected chi connectivity index (χ2v) is 14.2. The van der Waals surface area contributed by atoms with E-state index in [1.165, 1.54) is 12.1 Å². The summed E-state index contributed by atoms with van der Waals surface area (Å²) in [5, 5.41) is 14.6. The first-order chi connectivity index (χ1) is 19.9. The molecule has 3 N–H and O–H groups in total. The van der Waals surface area contributed by atoms with Crippen molar-refractivity contribution in [1.82, 2.24) is 10.6 Å². The van der Waals surface area contributed by atoms with Gasteiger partial charge in [-0.05, 0) is 78.4 Å². The SMILES string of the molecule is CC1=[N+](CCCCCC(=O)NCC(CCCCCC(=O)O)CNC(=O)OC(C)(C)C)c2ccc(S(=O)(=O)[O-])cc2C1(C)C. The third-order valence-corrected chi connectivity index (χ3v) is 8.67. The van der Waals surface area contributed by atoms with Crippen LogP contribution >= 0.6 is 0 Å². The van der Waals surface area contributed by atoms with E-state index in [1.807, 2.05) is 20.8 Å². The highest BCUT2D eigenvalue weighted by Crippen LogP contribution is 2.40. The lowest BCUT2D eigenvalue weighted by Crippen LogP contribution is -2.39. The van der Waals surface area contributed by atoms with E-state index in [2.05, 4.69) is 15.2 Å². The van der Waals surface area contributed by atoms with Gasteiger partial charge in [-0.15, -0.1) is 0 Å². The summed E-state index contributed by atoms with van der Waals surface area (Å²) in [7, 11) is -4.54. The Morgan fingerprint density at radius 1 is 1.00 bits per heavy atom. The summed E-state index contributed by atoms with van der Waals surface area (Å²) in [6.45, 7) is 12.9. The molecule has 242 valence electrons. The maximum absolute atomic E-state index is 12.6. The van der Waals surface area contributed by atoms with E-state index in [0.717, 1.165) is 49.1 Å². The molecule has 0 aromatic heterocycles. The first-order valence-electron chi connectivity index (χ1n) is 15.1. The van der Waals surface area contributed by atoms with Crippen LogP contribution in [-0.2, 0) is 29.9 Å². The number of amides is 2. The second-order valence-electron chi connectivity index (χ2n) is 12.9. The molecule has 0 saturated carbocycles. The van der Waals surface area contributed by atoms with Crippen molar-refractivity contribution in [1.29, 1.82) is 0 Å². The number of rotatable bonds is 17. The summed E-state index contributed by atoms with van der Waals surface area (Å²) in [5.74, 6) is -0.879. The molecule has 2 amide bonds. The van der Waals surface area contributed by atoms with Gasteiger partial charge in [-0.25, -0.2) is 13.2 Å². The van der Waals surface area contributed by atoms with Crippen LogP contribution in [0.15, 0.2) is 23.1 Å². The van der Waals surface area contributed by atoms with E-state index in [-0.39, 0.29) is 23.1 Å². The Bertz CT molecular complexity index is 1280. The maximum atomic E-state index is 12.6. The quantitative estimate of drug-likeness (QED) is 0.126. The standard InChI is InChI=1S/C31H49N3O8S/c1-22-31(5,6)25-19-24(43(39,40)41)16-17-26(25)34(22)18-12-8-10-14-27(35)32-20-23(13-9-7-11-15-28(36)37)21-33-29(38)42-30(2,3)4/h16-17,19,23H,7-15,18,20-21H2,1-6H3,(H3-,32,33,35,36,37,38,39,40,41). The molecular formula is C31H49N3O8S. The van der Waals surface area contributed by atoms with Gasteiger partial charge in [0.25, 0.3) is 0 Å². The number of nitrogens with zero attached hydrogens (tertiary/aromatic N) is 1. The van der Waals surface area contributed by atoms with E-state index in [9.17, 15) is 27.4 Å². The third kappa shape index (κ3) is 11.9. The molecule has 0 radical (unpaired) electrons.